The Morgan fingerprint density at radius 1 is 1.06 bits per heavy atom. The van der Waals surface area contributed by atoms with Crippen molar-refractivity contribution in [1.29, 1.82) is 0 Å². The Morgan fingerprint density at radius 3 is 2.21 bits per heavy atom. The summed E-state index contributed by atoms with van der Waals surface area (Å²) in [6, 6.07) is 5.85. The number of aryl methyl sites for hydroxylation is 2. The lowest BCUT2D eigenvalue weighted by molar-refractivity contribution is -0.133. The van der Waals surface area contributed by atoms with Gasteiger partial charge in [-0.3, -0.25) is 14.5 Å². The fourth-order valence-corrected chi connectivity index (χ4v) is 6.70. The van der Waals surface area contributed by atoms with E-state index in [0.717, 1.165) is 36.8 Å². The molecular weight excluding hydrogens is 438 g/mol. The van der Waals surface area contributed by atoms with Gasteiger partial charge in [0.05, 0.1) is 12.3 Å². The first-order valence-corrected chi connectivity index (χ1v) is 13.9. The van der Waals surface area contributed by atoms with Crippen molar-refractivity contribution in [2.75, 3.05) is 23.7 Å². The van der Waals surface area contributed by atoms with Gasteiger partial charge in [-0.05, 0) is 63.3 Å². The van der Waals surface area contributed by atoms with Crippen LogP contribution in [0.25, 0.3) is 0 Å². The van der Waals surface area contributed by atoms with Crippen LogP contribution in [0.1, 0.15) is 76.3 Å². The highest BCUT2D eigenvalue weighted by molar-refractivity contribution is 7.89. The Labute approximate surface area is 199 Å². The number of nitrogens with one attached hydrogen (secondary N) is 1. The minimum absolute atomic E-state index is 0.0375. The summed E-state index contributed by atoms with van der Waals surface area (Å²) < 4.78 is 27.0. The Balaban J connectivity index is 1.98. The van der Waals surface area contributed by atoms with Gasteiger partial charge in [-0.25, -0.2) is 8.42 Å². The molecule has 3 rings (SSSR count). The molecule has 1 aromatic rings. The molecule has 184 valence electrons. The van der Waals surface area contributed by atoms with Gasteiger partial charge in [0.15, 0.2) is 0 Å². The number of amides is 2. The van der Waals surface area contributed by atoms with Gasteiger partial charge in [0, 0.05) is 18.3 Å². The van der Waals surface area contributed by atoms with Crippen LogP contribution < -0.4 is 10.2 Å². The zero-order valence-electron chi connectivity index (χ0n) is 20.5. The molecule has 0 aromatic heterocycles. The molecule has 1 aliphatic carbocycles. The molecule has 0 unspecified atom stereocenters. The first kappa shape index (κ1) is 25.7. The van der Waals surface area contributed by atoms with Crippen LogP contribution in [0.4, 0.5) is 5.69 Å². The summed E-state index contributed by atoms with van der Waals surface area (Å²) in [7, 11) is -3.63. The van der Waals surface area contributed by atoms with E-state index < -0.39 is 15.6 Å². The van der Waals surface area contributed by atoms with Gasteiger partial charge in [-0.15, -0.1) is 0 Å². The summed E-state index contributed by atoms with van der Waals surface area (Å²) in [5, 5.41) is 3.20. The van der Waals surface area contributed by atoms with Crippen LogP contribution in [-0.2, 0) is 19.6 Å². The summed E-state index contributed by atoms with van der Waals surface area (Å²) in [6.07, 6.45) is 7.99. The summed E-state index contributed by atoms with van der Waals surface area (Å²) in [4.78, 5) is 28.8. The van der Waals surface area contributed by atoms with E-state index in [1.54, 1.807) is 13.8 Å². The third-order valence-corrected chi connectivity index (χ3v) is 8.76. The predicted octanol–water partition coefficient (Wildman–Crippen LogP) is 3.68. The van der Waals surface area contributed by atoms with Crippen LogP contribution in [0.5, 0.6) is 0 Å². The second-order valence-corrected chi connectivity index (χ2v) is 12.0. The van der Waals surface area contributed by atoms with E-state index in [9.17, 15) is 18.0 Å². The van der Waals surface area contributed by atoms with E-state index in [0.29, 0.717) is 12.1 Å². The van der Waals surface area contributed by atoms with Crippen molar-refractivity contribution in [2.45, 2.75) is 90.6 Å². The molecule has 1 saturated carbocycles. The highest BCUT2D eigenvalue weighted by atomic mass is 32.2. The van der Waals surface area contributed by atoms with Gasteiger partial charge >= 0.3 is 0 Å². The maximum absolute atomic E-state index is 13.8. The molecule has 1 N–H and O–H groups in total. The lowest BCUT2D eigenvalue weighted by Gasteiger charge is -2.47. The normalized spacial score (nSPS) is 23.8. The van der Waals surface area contributed by atoms with Crippen LogP contribution in [0.15, 0.2) is 18.2 Å². The summed E-state index contributed by atoms with van der Waals surface area (Å²) in [6.45, 7) is 7.11. The summed E-state index contributed by atoms with van der Waals surface area (Å²) >= 11 is 0. The third-order valence-electron chi connectivity index (χ3n) is 6.79. The molecule has 0 radical (unpaired) electrons. The molecule has 0 spiro atoms. The molecule has 1 saturated heterocycles. The largest absolute Gasteiger partial charge is 0.351 e. The van der Waals surface area contributed by atoms with Gasteiger partial charge in [-0.2, -0.15) is 4.31 Å². The number of nitrogens with zero attached hydrogens (tertiary/aromatic N) is 2. The number of hydrogen-bond acceptors (Lipinski definition) is 4. The van der Waals surface area contributed by atoms with Crippen LogP contribution in [0, 0.1) is 13.8 Å². The molecule has 0 bridgehead atoms. The number of piperazine rings is 1. The summed E-state index contributed by atoms with van der Waals surface area (Å²) in [5.74, 6) is -0.692. The SMILES string of the molecule is CCCS(=O)(=O)N1CC(=O)N(c2cc(C)cc(C)c2)[C@](C)(C(=O)NC2CCCCCCC2)C1. The number of anilines is 1. The lowest BCUT2D eigenvalue weighted by atomic mass is 9.91. The fourth-order valence-electron chi connectivity index (χ4n) is 5.17. The number of carbonyl (C=O) groups is 2. The molecule has 1 atom stereocenters. The van der Waals surface area contributed by atoms with Crippen molar-refractivity contribution in [3.63, 3.8) is 0 Å². The van der Waals surface area contributed by atoms with Crippen LogP contribution >= 0.6 is 0 Å². The van der Waals surface area contributed by atoms with E-state index in [1.165, 1.54) is 28.5 Å². The summed E-state index contributed by atoms with van der Waals surface area (Å²) in [5.41, 5.74) is 1.28. The number of benzene rings is 1. The van der Waals surface area contributed by atoms with Crippen molar-refractivity contribution >= 4 is 27.5 Å². The predicted molar refractivity (Wildman–Crippen MR) is 132 cm³/mol. The number of rotatable bonds is 6. The van der Waals surface area contributed by atoms with Crippen molar-refractivity contribution in [1.82, 2.24) is 9.62 Å². The molecule has 33 heavy (non-hydrogen) atoms. The van der Waals surface area contributed by atoms with E-state index in [4.69, 9.17) is 0 Å². The van der Waals surface area contributed by atoms with Crippen molar-refractivity contribution < 1.29 is 18.0 Å². The fraction of sp³-hybridized carbons (Fsp3) is 0.680. The maximum atomic E-state index is 13.8. The smallest absolute Gasteiger partial charge is 0.247 e. The minimum Gasteiger partial charge on any atom is -0.351 e. The van der Waals surface area contributed by atoms with Crippen LogP contribution in [0.3, 0.4) is 0 Å². The van der Waals surface area contributed by atoms with Crippen LogP contribution in [-0.4, -0.2) is 55.0 Å². The molecule has 1 heterocycles. The van der Waals surface area contributed by atoms with E-state index in [2.05, 4.69) is 5.32 Å². The van der Waals surface area contributed by atoms with Crippen molar-refractivity contribution in [2.24, 2.45) is 0 Å². The van der Waals surface area contributed by atoms with E-state index in [1.807, 2.05) is 32.0 Å². The second kappa shape index (κ2) is 10.6. The highest BCUT2D eigenvalue weighted by Gasteiger charge is 2.51. The number of carbonyl (C=O) groups excluding carboxylic acids is 2. The molecule has 1 aromatic carbocycles. The highest BCUT2D eigenvalue weighted by Crippen LogP contribution is 2.32. The Morgan fingerprint density at radius 2 is 1.64 bits per heavy atom. The number of hydrogen-bond donors (Lipinski definition) is 1. The van der Waals surface area contributed by atoms with E-state index in [-0.39, 0.29) is 36.7 Å². The average Bonchev–Trinajstić information content (AvgIpc) is 2.68. The first-order valence-electron chi connectivity index (χ1n) is 12.3. The zero-order chi connectivity index (χ0) is 24.2. The average molecular weight is 478 g/mol. The van der Waals surface area contributed by atoms with Gasteiger partial charge in [0.1, 0.15) is 5.54 Å². The maximum Gasteiger partial charge on any atom is 0.247 e. The third kappa shape index (κ3) is 5.96. The molecule has 7 nitrogen and oxygen atoms in total. The van der Waals surface area contributed by atoms with Crippen molar-refractivity contribution in [3.05, 3.63) is 29.3 Å². The zero-order valence-corrected chi connectivity index (χ0v) is 21.3. The monoisotopic (exact) mass is 477 g/mol. The first-order chi connectivity index (χ1) is 15.6. The molecular formula is C25H39N3O4S. The standard InChI is InChI=1S/C25H39N3O4S/c1-5-13-33(31,32)27-17-23(29)28(22-15-19(2)14-20(3)16-22)25(4,18-27)24(30)26-21-11-9-7-6-8-10-12-21/h14-16,21H,5-13,17-18H2,1-4H3,(H,26,30)/t25-/m0/s1. The quantitative estimate of drug-likeness (QED) is 0.677. The Hall–Kier alpha value is -1.93. The van der Waals surface area contributed by atoms with E-state index >= 15 is 0 Å². The second-order valence-electron chi connectivity index (χ2n) is 9.95. The Kier molecular flexibility index (Phi) is 8.22. The topological polar surface area (TPSA) is 86.8 Å². The molecule has 1 aliphatic heterocycles. The van der Waals surface area contributed by atoms with Gasteiger partial charge in [0.2, 0.25) is 21.8 Å². The van der Waals surface area contributed by atoms with Crippen LogP contribution in [0.2, 0.25) is 0 Å². The van der Waals surface area contributed by atoms with Crippen molar-refractivity contribution in [3.8, 4) is 0 Å². The number of sulfonamides is 1. The lowest BCUT2D eigenvalue weighted by Crippen LogP contribution is -2.71. The molecule has 2 aliphatic rings. The van der Waals surface area contributed by atoms with Gasteiger partial charge in [0.25, 0.3) is 0 Å². The molecule has 2 amide bonds. The molecule has 8 heteroatoms. The van der Waals surface area contributed by atoms with Gasteiger partial charge in [-0.1, -0.05) is 45.1 Å². The molecule has 2 fully saturated rings. The minimum atomic E-state index is -3.63. The van der Waals surface area contributed by atoms with Gasteiger partial charge < -0.3 is 5.32 Å². The Bertz CT molecular complexity index is 950.